The summed E-state index contributed by atoms with van der Waals surface area (Å²) < 4.78 is 5.27. The summed E-state index contributed by atoms with van der Waals surface area (Å²) in [5, 5.41) is 1.07. The van der Waals surface area contributed by atoms with Crippen molar-refractivity contribution < 1.29 is 4.74 Å². The molecule has 1 rings (SSSR count). The van der Waals surface area contributed by atoms with E-state index in [2.05, 4.69) is 4.98 Å². The fraction of sp³-hybridized carbons (Fsp3) is 0.667. The fourth-order valence-electron chi connectivity index (χ4n) is 1.21. The molecule has 0 aromatic carbocycles. The zero-order valence-electron chi connectivity index (χ0n) is 8.33. The minimum Gasteiger partial charge on any atom is -0.380 e. The van der Waals surface area contributed by atoms with Gasteiger partial charge in [0, 0.05) is 11.5 Å². The Morgan fingerprint density at radius 1 is 1.54 bits per heavy atom. The molecule has 0 bridgehead atoms. The zero-order valence-corrected chi connectivity index (χ0v) is 9.15. The molecule has 1 aromatic rings. The standard InChI is InChI=1S/C9H16N2OS/c1-4-12-5-8(10)9-6(2)11-7(3)13-9/h8H,4-5,10H2,1-3H3. The number of aryl methyl sites for hydroxylation is 2. The number of rotatable bonds is 4. The maximum absolute atomic E-state index is 5.94. The summed E-state index contributed by atoms with van der Waals surface area (Å²) in [6, 6.07) is -0.0221. The molecule has 1 heterocycles. The van der Waals surface area contributed by atoms with Gasteiger partial charge in [0.1, 0.15) is 0 Å². The van der Waals surface area contributed by atoms with Crippen LogP contribution in [0, 0.1) is 13.8 Å². The summed E-state index contributed by atoms with van der Waals surface area (Å²) in [7, 11) is 0. The normalized spacial score (nSPS) is 13.2. The maximum atomic E-state index is 5.94. The third kappa shape index (κ3) is 2.76. The van der Waals surface area contributed by atoms with Crippen molar-refractivity contribution in [3.8, 4) is 0 Å². The van der Waals surface area contributed by atoms with E-state index in [1.807, 2.05) is 20.8 Å². The molecule has 13 heavy (non-hydrogen) atoms. The average molecular weight is 200 g/mol. The largest absolute Gasteiger partial charge is 0.380 e. The van der Waals surface area contributed by atoms with E-state index in [9.17, 15) is 0 Å². The number of aromatic nitrogens is 1. The molecule has 0 radical (unpaired) electrons. The van der Waals surface area contributed by atoms with E-state index in [0.29, 0.717) is 13.2 Å². The van der Waals surface area contributed by atoms with Crippen LogP contribution in [0.1, 0.15) is 28.5 Å². The fourth-order valence-corrected chi connectivity index (χ4v) is 2.13. The van der Waals surface area contributed by atoms with Gasteiger partial charge in [0.2, 0.25) is 0 Å². The van der Waals surface area contributed by atoms with Crippen LogP contribution in [-0.2, 0) is 4.74 Å². The van der Waals surface area contributed by atoms with Crippen molar-refractivity contribution in [1.29, 1.82) is 0 Å². The molecule has 0 saturated heterocycles. The minimum atomic E-state index is -0.0221. The van der Waals surface area contributed by atoms with E-state index in [1.165, 1.54) is 0 Å². The minimum absolute atomic E-state index is 0.0221. The van der Waals surface area contributed by atoms with Crippen LogP contribution >= 0.6 is 11.3 Å². The summed E-state index contributed by atoms with van der Waals surface area (Å²) in [6.07, 6.45) is 0. The summed E-state index contributed by atoms with van der Waals surface area (Å²) >= 11 is 1.66. The highest BCUT2D eigenvalue weighted by Gasteiger charge is 2.12. The smallest absolute Gasteiger partial charge is 0.0900 e. The van der Waals surface area contributed by atoms with Gasteiger partial charge in [0.05, 0.1) is 23.4 Å². The maximum Gasteiger partial charge on any atom is 0.0900 e. The Morgan fingerprint density at radius 2 is 2.23 bits per heavy atom. The van der Waals surface area contributed by atoms with Crippen LogP contribution in [-0.4, -0.2) is 18.2 Å². The van der Waals surface area contributed by atoms with E-state index >= 15 is 0 Å². The van der Waals surface area contributed by atoms with Gasteiger partial charge in [-0.25, -0.2) is 4.98 Å². The predicted molar refractivity (Wildman–Crippen MR) is 55.0 cm³/mol. The van der Waals surface area contributed by atoms with Crippen molar-refractivity contribution in [3.05, 3.63) is 15.6 Å². The van der Waals surface area contributed by atoms with Crippen molar-refractivity contribution in [1.82, 2.24) is 4.98 Å². The summed E-state index contributed by atoms with van der Waals surface area (Å²) in [5.74, 6) is 0. The molecule has 1 aromatic heterocycles. The van der Waals surface area contributed by atoms with Crippen LogP contribution in [0.25, 0.3) is 0 Å². The van der Waals surface area contributed by atoms with Gasteiger partial charge < -0.3 is 10.5 Å². The Labute approximate surface area is 82.9 Å². The van der Waals surface area contributed by atoms with Gasteiger partial charge in [-0.3, -0.25) is 0 Å². The number of ether oxygens (including phenoxy) is 1. The Balaban J connectivity index is 2.64. The molecule has 0 aliphatic heterocycles. The summed E-state index contributed by atoms with van der Waals surface area (Å²) in [5.41, 5.74) is 6.98. The van der Waals surface area contributed by atoms with Crippen LogP contribution < -0.4 is 5.73 Å². The SMILES string of the molecule is CCOCC(N)c1sc(C)nc1C. The van der Waals surface area contributed by atoms with Crippen molar-refractivity contribution in [2.45, 2.75) is 26.8 Å². The summed E-state index contributed by atoms with van der Waals surface area (Å²) in [6.45, 7) is 7.25. The summed E-state index contributed by atoms with van der Waals surface area (Å²) in [4.78, 5) is 5.47. The Bertz CT molecular complexity index is 273. The lowest BCUT2D eigenvalue weighted by Gasteiger charge is -2.09. The van der Waals surface area contributed by atoms with E-state index in [4.69, 9.17) is 10.5 Å². The first kappa shape index (κ1) is 10.6. The highest BCUT2D eigenvalue weighted by atomic mass is 32.1. The molecule has 1 atom stereocenters. The van der Waals surface area contributed by atoms with Gasteiger partial charge in [-0.2, -0.15) is 0 Å². The van der Waals surface area contributed by atoms with Gasteiger partial charge in [0.15, 0.2) is 0 Å². The first-order valence-electron chi connectivity index (χ1n) is 4.42. The van der Waals surface area contributed by atoms with E-state index in [-0.39, 0.29) is 6.04 Å². The van der Waals surface area contributed by atoms with Crippen LogP contribution in [0.4, 0.5) is 0 Å². The average Bonchev–Trinajstić information content (AvgIpc) is 2.41. The lowest BCUT2D eigenvalue weighted by Crippen LogP contribution is -2.16. The second kappa shape index (κ2) is 4.69. The molecular weight excluding hydrogens is 184 g/mol. The Kier molecular flexibility index (Phi) is 3.84. The second-order valence-corrected chi connectivity index (χ2v) is 4.18. The molecule has 0 aliphatic carbocycles. The Morgan fingerprint density at radius 3 is 2.69 bits per heavy atom. The molecule has 1 unspecified atom stereocenters. The Hall–Kier alpha value is -0.450. The number of hydrogen-bond acceptors (Lipinski definition) is 4. The number of nitrogens with zero attached hydrogens (tertiary/aromatic N) is 1. The first-order valence-corrected chi connectivity index (χ1v) is 5.24. The highest BCUT2D eigenvalue weighted by molar-refractivity contribution is 7.11. The molecule has 4 heteroatoms. The lowest BCUT2D eigenvalue weighted by molar-refractivity contribution is 0.134. The van der Waals surface area contributed by atoms with E-state index in [1.54, 1.807) is 11.3 Å². The van der Waals surface area contributed by atoms with E-state index in [0.717, 1.165) is 15.6 Å². The quantitative estimate of drug-likeness (QED) is 0.806. The lowest BCUT2D eigenvalue weighted by atomic mass is 10.2. The van der Waals surface area contributed by atoms with Crippen LogP contribution in [0.5, 0.6) is 0 Å². The third-order valence-corrected chi connectivity index (χ3v) is 2.98. The van der Waals surface area contributed by atoms with Crippen molar-refractivity contribution >= 4 is 11.3 Å². The van der Waals surface area contributed by atoms with E-state index < -0.39 is 0 Å². The van der Waals surface area contributed by atoms with Gasteiger partial charge >= 0.3 is 0 Å². The first-order chi connectivity index (χ1) is 6.15. The number of thiazole rings is 1. The predicted octanol–water partition coefficient (Wildman–Crippen LogP) is 1.80. The third-order valence-electron chi connectivity index (χ3n) is 1.78. The van der Waals surface area contributed by atoms with Crippen molar-refractivity contribution in [2.24, 2.45) is 5.73 Å². The monoisotopic (exact) mass is 200 g/mol. The molecule has 0 fully saturated rings. The molecule has 0 spiro atoms. The van der Waals surface area contributed by atoms with Gasteiger partial charge in [0.25, 0.3) is 0 Å². The molecule has 0 aliphatic rings. The van der Waals surface area contributed by atoms with Crippen molar-refractivity contribution in [3.63, 3.8) is 0 Å². The van der Waals surface area contributed by atoms with Crippen LogP contribution in [0.2, 0.25) is 0 Å². The zero-order chi connectivity index (χ0) is 9.84. The molecule has 0 saturated carbocycles. The highest BCUT2D eigenvalue weighted by Crippen LogP contribution is 2.23. The van der Waals surface area contributed by atoms with Crippen molar-refractivity contribution in [2.75, 3.05) is 13.2 Å². The molecule has 0 amide bonds. The van der Waals surface area contributed by atoms with Gasteiger partial charge in [-0.05, 0) is 20.8 Å². The number of nitrogens with two attached hydrogens (primary N) is 1. The molecule has 3 nitrogen and oxygen atoms in total. The van der Waals surface area contributed by atoms with Gasteiger partial charge in [-0.15, -0.1) is 11.3 Å². The van der Waals surface area contributed by atoms with Gasteiger partial charge in [-0.1, -0.05) is 0 Å². The van der Waals surface area contributed by atoms with Crippen LogP contribution in [0.15, 0.2) is 0 Å². The second-order valence-electron chi connectivity index (χ2n) is 2.95. The molecule has 74 valence electrons. The van der Waals surface area contributed by atoms with Crippen LogP contribution in [0.3, 0.4) is 0 Å². The topological polar surface area (TPSA) is 48.1 Å². The molecule has 2 N–H and O–H groups in total. The molecular formula is C9H16N2OS. The number of hydrogen-bond donors (Lipinski definition) is 1.